The number of hydrogen-bond acceptors (Lipinski definition) is 6. The second-order valence-corrected chi connectivity index (χ2v) is 11.6. The van der Waals surface area contributed by atoms with Crippen LogP contribution in [0.3, 0.4) is 0 Å². The zero-order chi connectivity index (χ0) is 24.7. The number of aliphatic hydroxyl groups excluding tert-OH is 1. The van der Waals surface area contributed by atoms with Gasteiger partial charge in [-0.1, -0.05) is 35.9 Å². The molecule has 6 nitrogen and oxygen atoms in total. The smallest absolute Gasteiger partial charge is 0.303 e. The predicted octanol–water partition coefficient (Wildman–Crippen LogP) is 2.79. The first-order chi connectivity index (χ1) is 15.2. The van der Waals surface area contributed by atoms with E-state index in [1.54, 1.807) is 13.8 Å². The van der Waals surface area contributed by atoms with Gasteiger partial charge < -0.3 is 14.9 Å². The van der Waals surface area contributed by atoms with Crippen LogP contribution in [0.25, 0.3) is 0 Å². The first-order valence-electron chi connectivity index (χ1n) is 11.2. The van der Waals surface area contributed by atoms with E-state index in [1.807, 2.05) is 0 Å². The molecular weight excluding hydrogens is 502 g/mol. The van der Waals surface area contributed by atoms with Gasteiger partial charge >= 0.3 is 5.97 Å². The molecule has 182 valence electrons. The number of hydrogen-bond donors (Lipinski definition) is 2. The Morgan fingerprint density at radius 1 is 1.33 bits per heavy atom. The van der Waals surface area contributed by atoms with Gasteiger partial charge in [0.2, 0.25) is 5.78 Å². The Morgan fingerprint density at radius 2 is 1.97 bits per heavy atom. The fraction of sp³-hybridized carbons (Fsp3) is 0.708. The summed E-state index contributed by atoms with van der Waals surface area (Å²) in [4.78, 5) is 35.2. The molecule has 0 unspecified atom stereocenters. The second-order valence-electron chi connectivity index (χ2n) is 10.5. The maximum Gasteiger partial charge on any atom is 0.303 e. The van der Waals surface area contributed by atoms with Gasteiger partial charge in [0.25, 0.3) is 0 Å². The van der Waals surface area contributed by atoms with Crippen LogP contribution in [0, 0.1) is 28.6 Å². The van der Waals surface area contributed by atoms with Gasteiger partial charge in [-0.3, -0.25) is 14.4 Å². The molecule has 0 aliphatic heterocycles. The van der Waals surface area contributed by atoms with Crippen molar-refractivity contribution in [3.63, 3.8) is 0 Å². The van der Waals surface area contributed by atoms with E-state index in [0.717, 1.165) is 13.0 Å². The van der Waals surface area contributed by atoms with Crippen molar-refractivity contribution in [2.45, 2.75) is 68.9 Å². The summed E-state index contributed by atoms with van der Waals surface area (Å²) in [6.45, 7) is 5.28. The van der Waals surface area contributed by atoms with Crippen LogP contribution in [-0.4, -0.2) is 62.7 Å². The number of allylic oxidation sites excluding steroid dienone is 4. The molecule has 2 N–H and O–H groups in total. The van der Waals surface area contributed by atoms with Crippen LogP contribution in [0.5, 0.6) is 0 Å². The summed E-state index contributed by atoms with van der Waals surface area (Å²) >= 11 is 3.33. The van der Waals surface area contributed by atoms with Crippen molar-refractivity contribution in [3.8, 4) is 0 Å². The Balaban J connectivity index is 1.84. The molecule has 0 spiro atoms. The molecule has 0 saturated heterocycles. The highest BCUT2D eigenvalue weighted by Gasteiger charge is 2.78. The number of ketones is 2. The summed E-state index contributed by atoms with van der Waals surface area (Å²) in [6.07, 6.45) is 0.250. The van der Waals surface area contributed by atoms with E-state index < -0.39 is 81.1 Å². The summed E-state index contributed by atoms with van der Waals surface area (Å²) in [5.41, 5.74) is -7.22. The number of ether oxygens (including phenoxy) is 1. The molecule has 0 bridgehead atoms. The predicted molar refractivity (Wildman–Crippen MR) is 118 cm³/mol. The lowest BCUT2D eigenvalue weighted by Gasteiger charge is -2.64. The van der Waals surface area contributed by atoms with Crippen LogP contribution in [0.15, 0.2) is 23.8 Å². The van der Waals surface area contributed by atoms with Gasteiger partial charge in [0.1, 0.15) is 11.8 Å². The van der Waals surface area contributed by atoms with Crippen LogP contribution in [0.4, 0.5) is 8.78 Å². The van der Waals surface area contributed by atoms with Gasteiger partial charge in [-0.15, -0.1) is 0 Å². The third-order valence-corrected chi connectivity index (χ3v) is 10.1. The van der Waals surface area contributed by atoms with Crippen LogP contribution in [0.1, 0.15) is 40.5 Å². The highest BCUT2D eigenvalue weighted by molar-refractivity contribution is 9.09. The highest BCUT2D eigenvalue weighted by atomic mass is 79.9. The number of Topliss-reactive ketones (excluding diaryl/α,β-unsaturated/α-hetero) is 1. The maximum absolute atomic E-state index is 17.2. The Hall–Kier alpha value is -1.45. The molecule has 3 fully saturated rings. The minimum atomic E-state index is -2.35. The first kappa shape index (κ1) is 24.7. The van der Waals surface area contributed by atoms with Crippen LogP contribution in [-0.2, 0) is 19.1 Å². The van der Waals surface area contributed by atoms with Crippen LogP contribution in [0.2, 0.25) is 0 Å². The van der Waals surface area contributed by atoms with E-state index in [1.165, 1.54) is 19.1 Å². The molecule has 33 heavy (non-hydrogen) atoms. The summed E-state index contributed by atoms with van der Waals surface area (Å²) in [6, 6.07) is 0. The monoisotopic (exact) mass is 530 g/mol. The maximum atomic E-state index is 17.2. The van der Waals surface area contributed by atoms with E-state index in [-0.39, 0.29) is 18.4 Å². The van der Waals surface area contributed by atoms with Crippen molar-refractivity contribution in [1.82, 2.24) is 0 Å². The van der Waals surface area contributed by atoms with E-state index in [0.29, 0.717) is 0 Å². The zero-order valence-electron chi connectivity index (χ0n) is 19.0. The lowest BCUT2D eigenvalue weighted by atomic mass is 9.44. The van der Waals surface area contributed by atoms with Gasteiger partial charge in [-0.25, -0.2) is 8.78 Å². The van der Waals surface area contributed by atoms with E-state index in [9.17, 15) is 24.6 Å². The third-order valence-electron chi connectivity index (χ3n) is 9.06. The first-order valence-corrected chi connectivity index (χ1v) is 12.1. The molecule has 4 aliphatic carbocycles. The van der Waals surface area contributed by atoms with Gasteiger partial charge in [-0.05, 0) is 49.3 Å². The second kappa shape index (κ2) is 7.52. The number of esters is 1. The largest absolute Gasteiger partial charge is 0.458 e. The fourth-order valence-corrected chi connectivity index (χ4v) is 8.39. The molecule has 0 heterocycles. The average molecular weight is 531 g/mol. The molecule has 0 aromatic rings. The fourth-order valence-electron chi connectivity index (χ4n) is 7.35. The lowest BCUT2D eigenvalue weighted by molar-refractivity contribution is -0.222. The van der Waals surface area contributed by atoms with Gasteiger partial charge in [0.05, 0.1) is 10.9 Å². The molecule has 3 saturated carbocycles. The average Bonchev–Trinajstić information content (AvgIpc) is 2.93. The summed E-state index contributed by atoms with van der Waals surface area (Å²) < 4.78 is 37.8. The molecule has 10 atom stereocenters. The Bertz CT molecular complexity index is 982. The zero-order valence-corrected chi connectivity index (χ0v) is 20.6. The summed E-state index contributed by atoms with van der Waals surface area (Å²) in [7, 11) is 0. The topological polar surface area (TPSA) is 101 Å². The Morgan fingerprint density at radius 3 is 2.58 bits per heavy atom. The van der Waals surface area contributed by atoms with Crippen molar-refractivity contribution in [2.24, 2.45) is 28.6 Å². The Kier molecular flexibility index (Phi) is 5.62. The number of alkyl halides is 3. The van der Waals surface area contributed by atoms with Crippen molar-refractivity contribution < 1.29 is 38.1 Å². The number of halogens is 3. The lowest BCUT2D eigenvalue weighted by Crippen LogP contribution is -2.73. The van der Waals surface area contributed by atoms with Crippen molar-refractivity contribution >= 4 is 33.5 Å². The number of fused-ring (bicyclic) bond motifs is 5. The number of carbonyl (C=O) groups excluding carboxylic acids is 3. The molecule has 0 amide bonds. The molecule has 4 aliphatic rings. The Labute approximate surface area is 199 Å². The standard InChI is InChI=1S/C24H29BrF2O6/c1-11-7-14-18-19(25)20(26)15-8-13(29)5-6-21(15,3)23(18,27)16(30)9-22(14,4)24(11,32)17(31)10-33-12(2)28/h5-6,8,11,14,16,18-20,30,32H,7,9-10H2,1-4H3/t11-,14-,16-,18+,19-,20-,21-,22-,23+,24-/m0/s1. The summed E-state index contributed by atoms with van der Waals surface area (Å²) in [5.74, 6) is -4.25. The normalized spacial score (nSPS) is 50.7. The third kappa shape index (κ3) is 2.91. The number of rotatable bonds is 3. The van der Waals surface area contributed by atoms with E-state index in [4.69, 9.17) is 4.74 Å². The van der Waals surface area contributed by atoms with Gasteiger partial charge in [-0.2, -0.15) is 0 Å². The van der Waals surface area contributed by atoms with Crippen molar-refractivity contribution in [3.05, 3.63) is 23.8 Å². The molecule has 0 aromatic heterocycles. The number of aliphatic hydroxyl groups is 2. The van der Waals surface area contributed by atoms with Gasteiger partial charge in [0, 0.05) is 23.7 Å². The summed E-state index contributed by atoms with van der Waals surface area (Å²) in [5, 5.41) is 23.0. The van der Waals surface area contributed by atoms with E-state index in [2.05, 4.69) is 15.9 Å². The molecular formula is C24H29BrF2O6. The molecule has 0 aromatic carbocycles. The molecule has 0 radical (unpaired) electrons. The minimum absolute atomic E-state index is 0.0227. The SMILES string of the molecule is CC(=O)OCC(=O)[C@@]1(O)[C@@H](C)C[C@H]2[C@@H]3[C@H](Br)[C@@H](F)C4=CC(=O)C=C[C@]4(C)[C@@]3(F)[C@@H](O)C[C@@]21C. The van der Waals surface area contributed by atoms with Crippen LogP contribution < -0.4 is 0 Å². The minimum Gasteiger partial charge on any atom is -0.458 e. The molecule has 9 heteroatoms. The number of carbonyl (C=O) groups is 3. The van der Waals surface area contributed by atoms with E-state index >= 15 is 8.78 Å². The van der Waals surface area contributed by atoms with Crippen LogP contribution >= 0.6 is 15.9 Å². The van der Waals surface area contributed by atoms with Gasteiger partial charge in [0.15, 0.2) is 18.1 Å². The molecule has 4 rings (SSSR count). The van der Waals surface area contributed by atoms with Crippen molar-refractivity contribution in [2.75, 3.05) is 6.61 Å². The van der Waals surface area contributed by atoms with Crippen molar-refractivity contribution in [1.29, 1.82) is 0 Å². The quantitative estimate of drug-likeness (QED) is 0.429. The highest BCUT2D eigenvalue weighted by Crippen LogP contribution is 2.71.